The highest BCUT2D eigenvalue weighted by Crippen LogP contribution is 2.50. The first-order chi connectivity index (χ1) is 23.5. The number of rotatable bonds is 4. The van der Waals surface area contributed by atoms with Gasteiger partial charge in [0.1, 0.15) is 0 Å². The van der Waals surface area contributed by atoms with E-state index in [9.17, 15) is 0 Å². The van der Waals surface area contributed by atoms with Crippen molar-refractivity contribution in [1.29, 1.82) is 0 Å². The largest absolute Gasteiger partial charge is 0.310 e. The summed E-state index contributed by atoms with van der Waals surface area (Å²) < 4.78 is 2.32. The highest BCUT2D eigenvalue weighted by Gasteiger charge is 2.35. The zero-order valence-electron chi connectivity index (χ0n) is 27.6. The molecule has 232 valence electrons. The van der Waals surface area contributed by atoms with Crippen molar-refractivity contribution in [3.8, 4) is 16.8 Å². The fourth-order valence-corrected chi connectivity index (χ4v) is 7.42. The van der Waals surface area contributed by atoms with E-state index >= 15 is 0 Å². The molecule has 0 atom stereocenters. The minimum absolute atomic E-state index is 0.0331. The Bertz CT molecular complexity index is 2330. The molecular weight excluding hydrogens is 581 g/mol. The van der Waals surface area contributed by atoms with Gasteiger partial charge in [-0.25, -0.2) is 0 Å². The summed E-state index contributed by atoms with van der Waals surface area (Å²) in [4.78, 5) is 2.35. The van der Waals surface area contributed by atoms with Crippen LogP contribution in [0.25, 0.3) is 38.6 Å². The Morgan fingerprint density at radius 1 is 0.438 bits per heavy atom. The fraction of sp³-hybridized carbons (Fsp3) is 0.0870. The second-order valence-corrected chi connectivity index (χ2v) is 13.1. The SMILES string of the molecule is Cc1cccc(N(c2ccccc2)c2ccc3c(c2)-c2ccccc2C3(C)C)c1.c1ccc(-n2c3ccccc3c3ccccc32)cc1. The summed E-state index contributed by atoms with van der Waals surface area (Å²) >= 11 is 0. The van der Waals surface area contributed by atoms with Crippen LogP contribution in [0.3, 0.4) is 0 Å². The lowest BCUT2D eigenvalue weighted by Crippen LogP contribution is -2.15. The van der Waals surface area contributed by atoms with Crippen LogP contribution in [0.5, 0.6) is 0 Å². The molecule has 1 aromatic heterocycles. The molecule has 0 aliphatic heterocycles. The number of anilines is 3. The van der Waals surface area contributed by atoms with E-state index in [1.165, 1.54) is 72.4 Å². The van der Waals surface area contributed by atoms with Crippen molar-refractivity contribution in [2.45, 2.75) is 26.2 Å². The maximum Gasteiger partial charge on any atom is 0.0541 e. The van der Waals surface area contributed by atoms with Crippen molar-refractivity contribution in [1.82, 2.24) is 4.57 Å². The van der Waals surface area contributed by atoms with Gasteiger partial charge < -0.3 is 9.47 Å². The van der Waals surface area contributed by atoms with Crippen LogP contribution in [-0.2, 0) is 5.41 Å². The van der Waals surface area contributed by atoms with Crippen molar-refractivity contribution in [2.75, 3.05) is 4.90 Å². The number of nitrogens with zero attached hydrogens (tertiary/aromatic N) is 2. The summed E-state index contributed by atoms with van der Waals surface area (Å²) in [6.45, 7) is 6.80. The van der Waals surface area contributed by atoms with Gasteiger partial charge in [-0.2, -0.15) is 0 Å². The van der Waals surface area contributed by atoms with Gasteiger partial charge in [0.2, 0.25) is 0 Å². The zero-order valence-corrected chi connectivity index (χ0v) is 27.6. The van der Waals surface area contributed by atoms with Crippen molar-refractivity contribution in [2.24, 2.45) is 0 Å². The second kappa shape index (κ2) is 12.1. The quantitative estimate of drug-likeness (QED) is 0.190. The van der Waals surface area contributed by atoms with Crippen LogP contribution in [0.1, 0.15) is 30.5 Å². The molecule has 0 unspecified atom stereocenters. The molecule has 0 bridgehead atoms. The lowest BCUT2D eigenvalue weighted by Gasteiger charge is -2.27. The Kier molecular flexibility index (Phi) is 7.42. The first-order valence-electron chi connectivity index (χ1n) is 16.7. The molecule has 0 saturated carbocycles. The lowest BCUT2D eigenvalue weighted by molar-refractivity contribution is 0.660. The minimum atomic E-state index is 0.0331. The third-order valence-electron chi connectivity index (χ3n) is 9.69. The summed E-state index contributed by atoms with van der Waals surface area (Å²) in [7, 11) is 0. The van der Waals surface area contributed by atoms with Crippen molar-refractivity contribution in [3.63, 3.8) is 0 Å². The Labute approximate surface area is 283 Å². The predicted molar refractivity (Wildman–Crippen MR) is 204 cm³/mol. The van der Waals surface area contributed by atoms with Crippen LogP contribution < -0.4 is 4.90 Å². The molecule has 0 saturated heterocycles. The van der Waals surface area contributed by atoms with Gasteiger partial charge in [0.05, 0.1) is 11.0 Å². The monoisotopic (exact) mass is 618 g/mol. The molecular formula is C46H38N2. The Morgan fingerprint density at radius 3 is 1.67 bits per heavy atom. The van der Waals surface area contributed by atoms with E-state index in [2.05, 4.69) is 206 Å². The second-order valence-electron chi connectivity index (χ2n) is 13.1. The van der Waals surface area contributed by atoms with Gasteiger partial charge in [-0.05, 0) is 95.4 Å². The van der Waals surface area contributed by atoms with Gasteiger partial charge in [-0.1, -0.05) is 129 Å². The molecule has 0 N–H and O–H groups in total. The van der Waals surface area contributed by atoms with Crippen molar-refractivity contribution in [3.05, 3.63) is 193 Å². The number of aryl methyl sites for hydroxylation is 1. The van der Waals surface area contributed by atoms with Gasteiger partial charge in [-0.15, -0.1) is 0 Å². The van der Waals surface area contributed by atoms with Crippen molar-refractivity contribution < 1.29 is 0 Å². The van der Waals surface area contributed by atoms with E-state index in [4.69, 9.17) is 0 Å². The maximum absolute atomic E-state index is 2.36. The van der Waals surface area contributed by atoms with E-state index < -0.39 is 0 Å². The summed E-state index contributed by atoms with van der Waals surface area (Å²) in [6.07, 6.45) is 0. The fourth-order valence-electron chi connectivity index (χ4n) is 7.42. The molecule has 7 aromatic carbocycles. The molecule has 0 spiro atoms. The summed E-state index contributed by atoms with van der Waals surface area (Å²) in [5, 5.41) is 2.61. The van der Waals surface area contributed by atoms with Gasteiger partial charge >= 0.3 is 0 Å². The van der Waals surface area contributed by atoms with Gasteiger partial charge in [0.25, 0.3) is 0 Å². The minimum Gasteiger partial charge on any atom is -0.310 e. The van der Waals surface area contributed by atoms with Crippen LogP contribution >= 0.6 is 0 Å². The maximum atomic E-state index is 2.36. The van der Waals surface area contributed by atoms with Crippen LogP contribution in [0, 0.1) is 6.92 Å². The van der Waals surface area contributed by atoms with Crippen LogP contribution in [0.4, 0.5) is 17.1 Å². The van der Waals surface area contributed by atoms with E-state index in [1.807, 2.05) is 0 Å². The summed E-state index contributed by atoms with van der Waals surface area (Å²) in [5.74, 6) is 0. The van der Waals surface area contributed by atoms with E-state index in [0.717, 1.165) is 0 Å². The van der Waals surface area contributed by atoms with Crippen LogP contribution in [-0.4, -0.2) is 4.57 Å². The number of hydrogen-bond donors (Lipinski definition) is 0. The number of fused-ring (bicyclic) bond motifs is 6. The predicted octanol–water partition coefficient (Wildman–Crippen LogP) is 12.6. The van der Waals surface area contributed by atoms with Gasteiger partial charge in [-0.3, -0.25) is 0 Å². The Balaban J connectivity index is 0.000000153. The van der Waals surface area contributed by atoms with E-state index in [0.29, 0.717) is 0 Å². The molecule has 1 aliphatic rings. The molecule has 48 heavy (non-hydrogen) atoms. The van der Waals surface area contributed by atoms with Gasteiger partial charge in [0.15, 0.2) is 0 Å². The number of hydrogen-bond acceptors (Lipinski definition) is 1. The van der Waals surface area contributed by atoms with Crippen LogP contribution in [0.15, 0.2) is 176 Å². The molecule has 1 aliphatic carbocycles. The van der Waals surface area contributed by atoms with E-state index in [1.54, 1.807) is 0 Å². The molecule has 9 rings (SSSR count). The van der Waals surface area contributed by atoms with Crippen LogP contribution in [0.2, 0.25) is 0 Å². The van der Waals surface area contributed by atoms with E-state index in [-0.39, 0.29) is 5.41 Å². The summed E-state index contributed by atoms with van der Waals surface area (Å²) in [5.41, 5.74) is 14.1. The first-order valence-corrected chi connectivity index (χ1v) is 16.7. The average molecular weight is 619 g/mol. The normalized spacial score (nSPS) is 12.6. The van der Waals surface area contributed by atoms with Crippen molar-refractivity contribution >= 4 is 38.9 Å². The Morgan fingerprint density at radius 2 is 0.979 bits per heavy atom. The average Bonchev–Trinajstić information content (AvgIpc) is 3.58. The first kappa shape index (κ1) is 29.5. The molecule has 0 radical (unpaired) electrons. The number of benzene rings is 7. The topological polar surface area (TPSA) is 8.17 Å². The standard InChI is InChI=1S/C28H25N.C18H13N/c1-20-10-9-13-22(18-20)29(21-11-5-4-6-12-21)23-16-17-27-25(19-23)24-14-7-8-15-26(24)28(27,2)3;1-2-8-14(9-3-1)19-17-12-6-4-10-15(17)16-11-5-7-13-18(16)19/h4-19H,1-3H3;1-13H. The molecule has 0 amide bonds. The third kappa shape index (κ3) is 5.07. The molecule has 1 heterocycles. The summed E-state index contributed by atoms with van der Waals surface area (Å²) in [6, 6.07) is 62.8. The third-order valence-corrected chi connectivity index (χ3v) is 9.69. The number of aromatic nitrogens is 1. The smallest absolute Gasteiger partial charge is 0.0541 e. The molecule has 0 fully saturated rings. The molecule has 8 aromatic rings. The lowest BCUT2D eigenvalue weighted by atomic mass is 9.82. The van der Waals surface area contributed by atoms with Gasteiger partial charge in [0, 0.05) is 38.9 Å². The molecule has 2 nitrogen and oxygen atoms in total. The highest BCUT2D eigenvalue weighted by atomic mass is 15.1. The zero-order chi connectivity index (χ0) is 32.7. The molecule has 2 heteroatoms. The number of para-hydroxylation sites is 4. The highest BCUT2D eigenvalue weighted by molar-refractivity contribution is 6.09. The Hall–Kier alpha value is -5.86.